The molecule has 4 atom stereocenters. The van der Waals surface area contributed by atoms with Gasteiger partial charge in [-0.15, -0.1) is 0 Å². The van der Waals surface area contributed by atoms with Gasteiger partial charge in [0.1, 0.15) is 17.1 Å². The first-order chi connectivity index (χ1) is 18.9. The molecular weight excluding hydrogens is 509 g/mol. The predicted octanol–water partition coefficient (Wildman–Crippen LogP) is 5.94. The summed E-state index contributed by atoms with van der Waals surface area (Å²) in [5, 5.41) is 3.07. The number of fused-ring (bicyclic) bond motifs is 1. The maximum absolute atomic E-state index is 13.3. The van der Waals surface area contributed by atoms with Crippen LogP contribution in [0.5, 0.6) is 5.75 Å². The quantitative estimate of drug-likeness (QED) is 0.305. The SMILES string of the molecule is C=CC(=O)N1CCCC[C@@H](n2c(NC(=O)c3ccnc(C)c3)nc3cccc(OC4CC(C)CCCP4)c32)C1. The maximum atomic E-state index is 13.3. The Morgan fingerprint density at radius 2 is 2.08 bits per heavy atom. The highest BCUT2D eigenvalue weighted by Crippen LogP contribution is 2.39. The van der Waals surface area contributed by atoms with E-state index in [4.69, 9.17) is 9.72 Å². The third-order valence-corrected chi connectivity index (χ3v) is 9.14. The fraction of sp³-hybridized carbons (Fsp3) is 0.467. The second kappa shape index (κ2) is 12.3. The van der Waals surface area contributed by atoms with Crippen molar-refractivity contribution in [3.8, 4) is 5.75 Å². The van der Waals surface area contributed by atoms with E-state index in [-0.39, 0.29) is 23.7 Å². The van der Waals surface area contributed by atoms with Crippen molar-refractivity contribution in [2.45, 2.75) is 64.3 Å². The van der Waals surface area contributed by atoms with Crippen LogP contribution in [0.1, 0.15) is 67.5 Å². The first-order valence-corrected chi connectivity index (χ1v) is 15.3. The summed E-state index contributed by atoms with van der Waals surface area (Å²) in [5.41, 5.74) is 2.94. The summed E-state index contributed by atoms with van der Waals surface area (Å²) in [5.74, 6) is 1.74. The molecule has 0 saturated carbocycles. The average Bonchev–Trinajstić information content (AvgIpc) is 3.05. The van der Waals surface area contributed by atoms with Gasteiger partial charge in [0.25, 0.3) is 5.91 Å². The van der Waals surface area contributed by atoms with E-state index in [0.29, 0.717) is 30.5 Å². The lowest BCUT2D eigenvalue weighted by Gasteiger charge is -2.27. The van der Waals surface area contributed by atoms with Crippen molar-refractivity contribution in [1.82, 2.24) is 19.4 Å². The monoisotopic (exact) mass is 547 g/mol. The van der Waals surface area contributed by atoms with Crippen molar-refractivity contribution in [3.63, 3.8) is 0 Å². The lowest BCUT2D eigenvalue weighted by atomic mass is 10.0. The summed E-state index contributed by atoms with van der Waals surface area (Å²) in [4.78, 5) is 37.0. The second-order valence-electron chi connectivity index (χ2n) is 10.8. The Kier molecular flexibility index (Phi) is 8.61. The zero-order chi connectivity index (χ0) is 27.4. The highest BCUT2D eigenvalue weighted by Gasteiger charge is 2.29. The fourth-order valence-electron chi connectivity index (χ4n) is 5.70. The van der Waals surface area contributed by atoms with E-state index in [1.54, 1.807) is 18.3 Å². The van der Waals surface area contributed by atoms with Crippen LogP contribution in [-0.4, -0.2) is 56.3 Å². The molecule has 0 aliphatic carbocycles. The van der Waals surface area contributed by atoms with E-state index in [1.165, 1.54) is 25.1 Å². The van der Waals surface area contributed by atoms with E-state index in [2.05, 4.69) is 28.4 Å². The topological polar surface area (TPSA) is 89.4 Å². The molecule has 2 aliphatic heterocycles. The molecule has 2 fully saturated rings. The number of likely N-dealkylation sites (tertiary alicyclic amines) is 1. The lowest BCUT2D eigenvalue weighted by molar-refractivity contribution is -0.126. The molecule has 206 valence electrons. The van der Waals surface area contributed by atoms with Crippen LogP contribution in [0.3, 0.4) is 0 Å². The van der Waals surface area contributed by atoms with Gasteiger partial charge in [0.2, 0.25) is 11.9 Å². The van der Waals surface area contributed by atoms with Crippen LogP contribution in [-0.2, 0) is 4.79 Å². The van der Waals surface area contributed by atoms with Crippen LogP contribution in [0.15, 0.2) is 49.2 Å². The molecule has 2 aliphatic rings. The number of pyridine rings is 1. The Balaban J connectivity index is 1.57. The molecular formula is C30H38N5O3P. The summed E-state index contributed by atoms with van der Waals surface area (Å²) >= 11 is 0. The van der Waals surface area contributed by atoms with Crippen molar-refractivity contribution >= 4 is 37.4 Å². The molecule has 4 heterocycles. The number of hydrogen-bond acceptors (Lipinski definition) is 5. The van der Waals surface area contributed by atoms with Crippen LogP contribution < -0.4 is 10.1 Å². The van der Waals surface area contributed by atoms with Crippen molar-refractivity contribution < 1.29 is 14.3 Å². The number of aromatic nitrogens is 3. The third-order valence-electron chi connectivity index (χ3n) is 7.69. The van der Waals surface area contributed by atoms with Crippen molar-refractivity contribution in [3.05, 3.63) is 60.4 Å². The molecule has 8 nitrogen and oxygen atoms in total. The van der Waals surface area contributed by atoms with Gasteiger partial charge in [-0.2, -0.15) is 0 Å². The number of imidazole rings is 1. The maximum Gasteiger partial charge on any atom is 0.258 e. The Hall–Kier alpha value is -3.25. The lowest BCUT2D eigenvalue weighted by Crippen LogP contribution is -2.34. The van der Waals surface area contributed by atoms with Gasteiger partial charge in [0.05, 0.1) is 11.6 Å². The van der Waals surface area contributed by atoms with Gasteiger partial charge in [-0.3, -0.25) is 19.9 Å². The summed E-state index contributed by atoms with van der Waals surface area (Å²) in [6.45, 7) is 9.08. The molecule has 9 heteroatoms. The second-order valence-corrected chi connectivity index (χ2v) is 12.3. The van der Waals surface area contributed by atoms with Crippen LogP contribution in [0.2, 0.25) is 0 Å². The number of hydrogen-bond donors (Lipinski definition) is 1. The number of para-hydroxylation sites is 1. The fourth-order valence-corrected chi connectivity index (χ4v) is 7.21. The van der Waals surface area contributed by atoms with Gasteiger partial charge in [-0.25, -0.2) is 4.98 Å². The van der Waals surface area contributed by atoms with Crippen LogP contribution in [0.25, 0.3) is 11.0 Å². The molecule has 3 aromatic rings. The van der Waals surface area contributed by atoms with Gasteiger partial charge in [-0.1, -0.05) is 34.6 Å². The largest absolute Gasteiger partial charge is 0.484 e. The number of benzene rings is 1. The van der Waals surface area contributed by atoms with Gasteiger partial charge >= 0.3 is 0 Å². The number of carbonyl (C=O) groups excluding carboxylic acids is 2. The van der Waals surface area contributed by atoms with E-state index >= 15 is 0 Å². The van der Waals surface area contributed by atoms with E-state index in [1.807, 2.05) is 30.0 Å². The van der Waals surface area contributed by atoms with Gasteiger partial charge in [0, 0.05) is 30.5 Å². The molecule has 1 N–H and O–H groups in total. The highest BCUT2D eigenvalue weighted by molar-refractivity contribution is 7.38. The molecule has 0 radical (unpaired) electrons. The zero-order valence-electron chi connectivity index (χ0n) is 22.9. The average molecular weight is 548 g/mol. The highest BCUT2D eigenvalue weighted by atomic mass is 31.1. The Labute approximate surface area is 232 Å². The van der Waals surface area contributed by atoms with Crippen molar-refractivity contribution in [2.24, 2.45) is 5.92 Å². The Morgan fingerprint density at radius 3 is 2.90 bits per heavy atom. The Morgan fingerprint density at radius 1 is 1.21 bits per heavy atom. The van der Waals surface area contributed by atoms with E-state index in [9.17, 15) is 9.59 Å². The molecule has 0 spiro atoms. The van der Waals surface area contributed by atoms with Crippen LogP contribution >= 0.6 is 8.58 Å². The number of amides is 2. The zero-order valence-corrected chi connectivity index (χ0v) is 23.9. The number of anilines is 1. The van der Waals surface area contributed by atoms with E-state index < -0.39 is 0 Å². The molecule has 2 aromatic heterocycles. The molecule has 5 rings (SSSR count). The molecule has 2 amide bonds. The van der Waals surface area contributed by atoms with Gasteiger partial charge < -0.3 is 14.2 Å². The minimum atomic E-state index is -0.244. The number of rotatable bonds is 6. The first kappa shape index (κ1) is 27.3. The predicted molar refractivity (Wildman–Crippen MR) is 157 cm³/mol. The first-order valence-electron chi connectivity index (χ1n) is 14.0. The smallest absolute Gasteiger partial charge is 0.258 e. The summed E-state index contributed by atoms with van der Waals surface area (Å²) in [6, 6.07) is 9.34. The van der Waals surface area contributed by atoms with Gasteiger partial charge in [-0.05, 0) is 81.4 Å². The summed E-state index contributed by atoms with van der Waals surface area (Å²) in [6.07, 6.45) is 10.5. The normalized spacial score (nSPS) is 22.7. The number of nitrogens with one attached hydrogen (secondary N) is 1. The minimum Gasteiger partial charge on any atom is -0.484 e. The van der Waals surface area contributed by atoms with Gasteiger partial charge in [0.15, 0.2) is 0 Å². The number of aryl methyl sites for hydroxylation is 1. The molecule has 3 unspecified atom stereocenters. The number of ether oxygens (including phenoxy) is 1. The van der Waals surface area contributed by atoms with E-state index in [0.717, 1.165) is 56.7 Å². The standard InChI is InChI=1S/C30H38N5O3P/c1-4-26(36)34-15-6-5-10-23(19-34)35-28-24(32-30(35)33-29(37)22-13-14-31-21(3)18-22)11-7-12-25(28)38-27-17-20(2)9-8-16-39-27/h4,7,11-14,18,20,23,27,39H,1,5-6,8-10,15-17,19H2,2-3H3,(H,32,33,37)/t20?,23-,27?/m1/s1. The third kappa shape index (κ3) is 6.33. The molecule has 0 bridgehead atoms. The number of carbonyl (C=O) groups is 2. The minimum absolute atomic E-state index is 0.0730. The number of nitrogens with zero attached hydrogens (tertiary/aromatic N) is 4. The molecule has 39 heavy (non-hydrogen) atoms. The van der Waals surface area contributed by atoms with Crippen LogP contribution in [0.4, 0.5) is 5.95 Å². The van der Waals surface area contributed by atoms with Crippen LogP contribution in [0, 0.1) is 12.8 Å². The molecule has 2 saturated heterocycles. The van der Waals surface area contributed by atoms with Crippen molar-refractivity contribution in [1.29, 1.82) is 0 Å². The molecule has 1 aromatic carbocycles. The van der Waals surface area contributed by atoms with Crippen molar-refractivity contribution in [2.75, 3.05) is 24.6 Å². The Bertz CT molecular complexity index is 1360. The summed E-state index contributed by atoms with van der Waals surface area (Å²) in [7, 11) is 0.754. The summed E-state index contributed by atoms with van der Waals surface area (Å²) < 4.78 is 8.84.